The van der Waals surface area contributed by atoms with Gasteiger partial charge in [0.15, 0.2) is 10.7 Å². The number of aromatic nitrogens is 2. The molecule has 1 amide bonds. The number of hydrogen-bond donors (Lipinski definition) is 2. The second-order valence-corrected chi connectivity index (χ2v) is 5.77. The average Bonchev–Trinajstić information content (AvgIpc) is 3.09. The molecule has 0 bridgehead atoms. The molecule has 7 heteroatoms. The molecule has 114 valence electrons. The van der Waals surface area contributed by atoms with Gasteiger partial charge in [0.25, 0.3) is 0 Å². The molecule has 0 unspecified atom stereocenters. The molecule has 2 heterocycles. The standard InChI is InChI=1S/C15H16N4O2S/c16-15-18-10(9-22-15)4-3-7-17-13(20)8-14-19-11-5-1-2-6-12(11)21-14/h1-2,5-6,9H,3-4,7-8H2,(H2,16,18)(H,17,20). The van der Waals surface area contributed by atoms with E-state index in [1.807, 2.05) is 29.6 Å². The summed E-state index contributed by atoms with van der Waals surface area (Å²) in [6.45, 7) is 0.594. The van der Waals surface area contributed by atoms with Gasteiger partial charge in [0.05, 0.1) is 5.69 Å². The van der Waals surface area contributed by atoms with Crippen molar-refractivity contribution >= 4 is 33.5 Å². The van der Waals surface area contributed by atoms with Gasteiger partial charge in [-0.25, -0.2) is 9.97 Å². The van der Waals surface area contributed by atoms with E-state index in [2.05, 4.69) is 15.3 Å². The number of nitrogens with one attached hydrogen (secondary N) is 1. The summed E-state index contributed by atoms with van der Waals surface area (Å²) in [5.74, 6) is 0.343. The number of anilines is 1. The zero-order valence-corrected chi connectivity index (χ0v) is 12.7. The number of para-hydroxylation sites is 2. The minimum Gasteiger partial charge on any atom is -0.440 e. The van der Waals surface area contributed by atoms with Crippen LogP contribution in [-0.2, 0) is 17.6 Å². The number of carbonyl (C=O) groups is 1. The zero-order chi connectivity index (χ0) is 15.4. The fourth-order valence-corrected chi connectivity index (χ4v) is 2.73. The summed E-state index contributed by atoms with van der Waals surface area (Å²) >= 11 is 1.43. The SMILES string of the molecule is Nc1nc(CCCNC(=O)Cc2nc3ccccc3o2)cs1. The van der Waals surface area contributed by atoms with Gasteiger partial charge in [0.2, 0.25) is 11.8 Å². The van der Waals surface area contributed by atoms with Crippen molar-refractivity contribution in [3.8, 4) is 0 Å². The number of amides is 1. The summed E-state index contributed by atoms with van der Waals surface area (Å²) in [6, 6.07) is 7.46. The van der Waals surface area contributed by atoms with Crippen LogP contribution < -0.4 is 11.1 Å². The third-order valence-corrected chi connectivity index (χ3v) is 3.87. The normalized spacial score (nSPS) is 10.9. The van der Waals surface area contributed by atoms with Gasteiger partial charge in [-0.3, -0.25) is 4.79 Å². The second kappa shape index (κ2) is 6.57. The lowest BCUT2D eigenvalue weighted by Crippen LogP contribution is -2.26. The zero-order valence-electron chi connectivity index (χ0n) is 11.9. The van der Waals surface area contributed by atoms with E-state index in [1.54, 1.807) is 0 Å². The largest absolute Gasteiger partial charge is 0.440 e. The van der Waals surface area contributed by atoms with Crippen LogP contribution in [0.15, 0.2) is 34.1 Å². The maximum absolute atomic E-state index is 11.9. The first-order chi connectivity index (χ1) is 10.7. The van der Waals surface area contributed by atoms with Crippen molar-refractivity contribution in [1.29, 1.82) is 0 Å². The van der Waals surface area contributed by atoms with Crippen molar-refractivity contribution in [1.82, 2.24) is 15.3 Å². The molecular formula is C15H16N4O2S. The van der Waals surface area contributed by atoms with Crippen molar-refractivity contribution in [2.75, 3.05) is 12.3 Å². The first kappa shape index (κ1) is 14.5. The Morgan fingerprint density at radius 2 is 2.18 bits per heavy atom. The Hall–Kier alpha value is -2.41. The van der Waals surface area contributed by atoms with Crippen LogP contribution in [0.3, 0.4) is 0 Å². The number of nitrogens with two attached hydrogens (primary N) is 1. The minimum atomic E-state index is -0.0932. The molecule has 0 aliphatic rings. The van der Waals surface area contributed by atoms with E-state index in [1.165, 1.54) is 11.3 Å². The van der Waals surface area contributed by atoms with E-state index >= 15 is 0 Å². The van der Waals surface area contributed by atoms with Crippen molar-refractivity contribution < 1.29 is 9.21 Å². The Morgan fingerprint density at radius 3 is 2.95 bits per heavy atom. The Bertz CT molecular complexity index is 748. The number of oxazole rings is 1. The highest BCUT2D eigenvalue weighted by atomic mass is 32.1. The van der Waals surface area contributed by atoms with Gasteiger partial charge in [0, 0.05) is 11.9 Å². The maximum Gasteiger partial charge on any atom is 0.229 e. The molecule has 0 aliphatic carbocycles. The summed E-state index contributed by atoms with van der Waals surface area (Å²) in [4.78, 5) is 20.3. The molecule has 0 spiro atoms. The number of nitrogen functional groups attached to an aromatic ring is 1. The molecule has 3 rings (SSSR count). The molecule has 0 radical (unpaired) electrons. The second-order valence-electron chi connectivity index (χ2n) is 4.88. The van der Waals surface area contributed by atoms with Crippen LogP contribution in [0.5, 0.6) is 0 Å². The third kappa shape index (κ3) is 3.62. The van der Waals surface area contributed by atoms with E-state index in [0.717, 1.165) is 24.1 Å². The summed E-state index contributed by atoms with van der Waals surface area (Å²) < 4.78 is 5.52. The molecule has 0 aliphatic heterocycles. The lowest BCUT2D eigenvalue weighted by molar-refractivity contribution is -0.120. The van der Waals surface area contributed by atoms with Crippen LogP contribution >= 0.6 is 11.3 Å². The number of carbonyl (C=O) groups excluding carboxylic acids is 1. The number of rotatable bonds is 6. The number of benzene rings is 1. The maximum atomic E-state index is 11.9. The van der Waals surface area contributed by atoms with E-state index in [4.69, 9.17) is 10.2 Å². The van der Waals surface area contributed by atoms with Gasteiger partial charge >= 0.3 is 0 Å². The van der Waals surface area contributed by atoms with Crippen molar-refractivity contribution in [3.05, 3.63) is 41.2 Å². The highest BCUT2D eigenvalue weighted by molar-refractivity contribution is 7.13. The van der Waals surface area contributed by atoms with Gasteiger partial charge in [0.1, 0.15) is 11.9 Å². The van der Waals surface area contributed by atoms with E-state index in [9.17, 15) is 4.79 Å². The molecule has 3 aromatic rings. The molecule has 3 N–H and O–H groups in total. The Kier molecular flexibility index (Phi) is 4.34. The van der Waals surface area contributed by atoms with Crippen LogP contribution in [0, 0.1) is 0 Å². The molecule has 6 nitrogen and oxygen atoms in total. The van der Waals surface area contributed by atoms with Gasteiger partial charge in [-0.15, -0.1) is 11.3 Å². The van der Waals surface area contributed by atoms with Crippen molar-refractivity contribution in [3.63, 3.8) is 0 Å². The summed E-state index contributed by atoms with van der Waals surface area (Å²) in [7, 11) is 0. The quantitative estimate of drug-likeness (QED) is 0.680. The minimum absolute atomic E-state index is 0.0932. The highest BCUT2D eigenvalue weighted by Gasteiger charge is 2.10. The molecule has 0 saturated heterocycles. The van der Waals surface area contributed by atoms with Crippen LogP contribution in [0.25, 0.3) is 11.1 Å². The van der Waals surface area contributed by atoms with Crippen molar-refractivity contribution in [2.24, 2.45) is 0 Å². The van der Waals surface area contributed by atoms with E-state index in [0.29, 0.717) is 23.2 Å². The first-order valence-corrected chi connectivity index (χ1v) is 7.90. The molecule has 0 saturated carbocycles. The molecule has 2 aromatic heterocycles. The van der Waals surface area contributed by atoms with Crippen LogP contribution in [0.1, 0.15) is 18.0 Å². The predicted octanol–water partition coefficient (Wildman–Crippen LogP) is 2.16. The Balaban J connectivity index is 1.44. The first-order valence-electron chi connectivity index (χ1n) is 7.02. The molecule has 22 heavy (non-hydrogen) atoms. The number of nitrogens with zero attached hydrogens (tertiary/aromatic N) is 2. The fourth-order valence-electron chi connectivity index (χ4n) is 2.13. The lowest BCUT2D eigenvalue weighted by atomic mass is 10.2. The lowest BCUT2D eigenvalue weighted by Gasteiger charge is -2.02. The van der Waals surface area contributed by atoms with Crippen LogP contribution in [0.2, 0.25) is 0 Å². The van der Waals surface area contributed by atoms with Crippen LogP contribution in [-0.4, -0.2) is 22.4 Å². The summed E-state index contributed by atoms with van der Waals surface area (Å²) in [5, 5.41) is 5.38. The van der Waals surface area contributed by atoms with Crippen molar-refractivity contribution in [2.45, 2.75) is 19.3 Å². The third-order valence-electron chi connectivity index (χ3n) is 3.15. The average molecular weight is 316 g/mol. The Morgan fingerprint density at radius 1 is 1.32 bits per heavy atom. The van der Waals surface area contributed by atoms with E-state index < -0.39 is 0 Å². The van der Waals surface area contributed by atoms with Gasteiger partial charge in [-0.05, 0) is 25.0 Å². The Labute approximate surface area is 131 Å². The van der Waals surface area contributed by atoms with Gasteiger partial charge in [-0.1, -0.05) is 12.1 Å². The van der Waals surface area contributed by atoms with Crippen LogP contribution in [0.4, 0.5) is 5.13 Å². The van der Waals surface area contributed by atoms with E-state index in [-0.39, 0.29) is 12.3 Å². The highest BCUT2D eigenvalue weighted by Crippen LogP contribution is 2.15. The monoisotopic (exact) mass is 316 g/mol. The molecule has 1 aromatic carbocycles. The summed E-state index contributed by atoms with van der Waals surface area (Å²) in [6.07, 6.45) is 1.78. The smallest absolute Gasteiger partial charge is 0.229 e. The number of fused-ring (bicyclic) bond motifs is 1. The van der Waals surface area contributed by atoms with Gasteiger partial charge < -0.3 is 15.5 Å². The molecule has 0 fully saturated rings. The predicted molar refractivity (Wildman–Crippen MR) is 85.6 cm³/mol. The van der Waals surface area contributed by atoms with Gasteiger partial charge in [-0.2, -0.15) is 0 Å². The number of thiazole rings is 1. The molecule has 0 atom stereocenters. The number of hydrogen-bond acceptors (Lipinski definition) is 6. The topological polar surface area (TPSA) is 94.0 Å². The summed E-state index contributed by atoms with van der Waals surface area (Å²) in [5.41, 5.74) is 8.01. The fraction of sp³-hybridized carbons (Fsp3) is 0.267. The molecular weight excluding hydrogens is 300 g/mol. The number of aryl methyl sites for hydroxylation is 1.